The SMILES string of the molecule is C=CSC(=NC)c1ccc(C)c(-c2cnc(NC(=O)c3snnc3C)cn2)c1. The molecule has 0 fully saturated rings. The zero-order chi connectivity index (χ0) is 20.1. The van der Waals surface area contributed by atoms with Crippen LogP contribution in [0.15, 0.2) is 47.6 Å². The van der Waals surface area contributed by atoms with Crippen LogP contribution >= 0.6 is 23.3 Å². The van der Waals surface area contributed by atoms with Gasteiger partial charge in [-0.25, -0.2) is 4.98 Å². The van der Waals surface area contributed by atoms with E-state index in [-0.39, 0.29) is 5.91 Å². The lowest BCUT2D eigenvalue weighted by Crippen LogP contribution is -2.13. The fourth-order valence-corrected chi connectivity index (χ4v) is 3.58. The summed E-state index contributed by atoms with van der Waals surface area (Å²) in [7, 11) is 1.75. The molecule has 9 heteroatoms. The maximum absolute atomic E-state index is 12.2. The van der Waals surface area contributed by atoms with Gasteiger partial charge < -0.3 is 5.32 Å². The number of amides is 1. The van der Waals surface area contributed by atoms with E-state index in [1.807, 2.05) is 25.1 Å². The van der Waals surface area contributed by atoms with Crippen molar-refractivity contribution >= 4 is 40.1 Å². The maximum Gasteiger partial charge on any atom is 0.270 e. The first kappa shape index (κ1) is 19.8. The number of rotatable bonds is 5. The van der Waals surface area contributed by atoms with Gasteiger partial charge in [0.2, 0.25) is 0 Å². The van der Waals surface area contributed by atoms with Crippen LogP contribution in [0.1, 0.15) is 26.5 Å². The first-order chi connectivity index (χ1) is 13.5. The molecule has 0 unspecified atom stereocenters. The second-order valence-corrected chi connectivity index (χ2v) is 7.48. The number of hydrogen-bond donors (Lipinski definition) is 1. The van der Waals surface area contributed by atoms with Gasteiger partial charge in [-0.2, -0.15) is 0 Å². The van der Waals surface area contributed by atoms with Crippen LogP contribution in [0, 0.1) is 13.8 Å². The quantitative estimate of drug-likeness (QED) is 0.502. The van der Waals surface area contributed by atoms with Gasteiger partial charge in [0, 0.05) is 18.2 Å². The van der Waals surface area contributed by atoms with E-state index in [4.69, 9.17) is 0 Å². The summed E-state index contributed by atoms with van der Waals surface area (Å²) in [6.07, 6.45) is 3.18. The van der Waals surface area contributed by atoms with Crippen LogP contribution in [0.25, 0.3) is 11.3 Å². The molecule has 28 heavy (non-hydrogen) atoms. The van der Waals surface area contributed by atoms with E-state index in [2.05, 4.69) is 36.4 Å². The molecule has 1 amide bonds. The number of nitrogens with zero attached hydrogens (tertiary/aromatic N) is 5. The number of thioether (sulfide) groups is 1. The topological polar surface area (TPSA) is 93.0 Å². The molecule has 0 spiro atoms. The highest BCUT2D eigenvalue weighted by Gasteiger charge is 2.14. The van der Waals surface area contributed by atoms with Crippen LogP contribution in [0.5, 0.6) is 0 Å². The standard InChI is InChI=1S/C19H18N6OS2/c1-5-27-19(20-4)13-7-6-11(2)14(8-13)15-9-22-16(10-21-15)23-18(26)17-12(3)24-25-28-17/h5-10H,1H2,2-4H3,(H,22,23,26). The number of aryl methyl sites for hydroxylation is 2. The molecule has 0 aliphatic heterocycles. The molecule has 1 N–H and O–H groups in total. The van der Waals surface area contributed by atoms with Gasteiger partial charge in [0.1, 0.15) is 9.92 Å². The van der Waals surface area contributed by atoms with Gasteiger partial charge in [0.25, 0.3) is 5.91 Å². The molecule has 0 saturated heterocycles. The summed E-state index contributed by atoms with van der Waals surface area (Å²) in [5.74, 6) is 0.0753. The predicted molar refractivity (Wildman–Crippen MR) is 115 cm³/mol. The number of hydrogen-bond acceptors (Lipinski definition) is 8. The van der Waals surface area contributed by atoms with Crippen molar-refractivity contribution in [2.75, 3.05) is 12.4 Å². The number of aliphatic imine (C=N–C) groups is 1. The normalized spacial score (nSPS) is 11.3. The Morgan fingerprint density at radius 1 is 1.29 bits per heavy atom. The Kier molecular flexibility index (Phi) is 6.27. The van der Waals surface area contributed by atoms with Crippen molar-refractivity contribution in [2.45, 2.75) is 13.8 Å². The van der Waals surface area contributed by atoms with Crippen molar-refractivity contribution in [3.05, 3.63) is 64.3 Å². The average molecular weight is 411 g/mol. The third-order valence-electron chi connectivity index (χ3n) is 3.91. The number of carbonyl (C=O) groups is 1. The molecule has 0 aliphatic carbocycles. The summed E-state index contributed by atoms with van der Waals surface area (Å²) >= 11 is 2.52. The van der Waals surface area contributed by atoms with E-state index in [0.29, 0.717) is 22.1 Å². The van der Waals surface area contributed by atoms with Crippen molar-refractivity contribution in [3.8, 4) is 11.3 Å². The fourth-order valence-electron chi connectivity index (χ4n) is 2.50. The molecule has 3 aromatic rings. The molecule has 2 aromatic heterocycles. The Morgan fingerprint density at radius 2 is 2.11 bits per heavy atom. The van der Waals surface area contributed by atoms with Gasteiger partial charge in [0.05, 0.1) is 23.8 Å². The minimum absolute atomic E-state index is 0.294. The van der Waals surface area contributed by atoms with Crippen LogP contribution in [-0.4, -0.2) is 37.6 Å². The highest BCUT2D eigenvalue weighted by molar-refractivity contribution is 8.16. The van der Waals surface area contributed by atoms with Crippen LogP contribution in [0.4, 0.5) is 5.82 Å². The second kappa shape index (κ2) is 8.85. The van der Waals surface area contributed by atoms with E-state index in [1.165, 1.54) is 18.0 Å². The minimum atomic E-state index is -0.294. The number of benzene rings is 1. The van der Waals surface area contributed by atoms with E-state index in [9.17, 15) is 4.79 Å². The summed E-state index contributed by atoms with van der Waals surface area (Å²) < 4.78 is 3.77. The van der Waals surface area contributed by atoms with Crippen LogP contribution in [-0.2, 0) is 0 Å². The lowest BCUT2D eigenvalue weighted by molar-refractivity contribution is 0.102. The lowest BCUT2D eigenvalue weighted by Gasteiger charge is -2.10. The summed E-state index contributed by atoms with van der Waals surface area (Å²) in [4.78, 5) is 25.8. The molecular weight excluding hydrogens is 392 g/mol. The monoisotopic (exact) mass is 410 g/mol. The molecule has 0 atom stereocenters. The number of nitrogens with one attached hydrogen (secondary N) is 1. The highest BCUT2D eigenvalue weighted by Crippen LogP contribution is 2.25. The van der Waals surface area contributed by atoms with E-state index in [0.717, 1.165) is 33.3 Å². The number of carbonyl (C=O) groups excluding carboxylic acids is 1. The zero-order valence-corrected chi connectivity index (χ0v) is 17.3. The smallest absolute Gasteiger partial charge is 0.270 e. The largest absolute Gasteiger partial charge is 0.304 e. The summed E-state index contributed by atoms with van der Waals surface area (Å²) in [5.41, 5.74) is 4.31. The van der Waals surface area contributed by atoms with Gasteiger partial charge in [-0.15, -0.1) is 5.10 Å². The number of aromatic nitrogens is 4. The molecule has 3 rings (SSSR count). The molecule has 0 radical (unpaired) electrons. The Balaban J connectivity index is 1.84. The van der Waals surface area contributed by atoms with Crippen molar-refractivity contribution in [1.82, 2.24) is 19.6 Å². The third-order valence-corrected chi connectivity index (χ3v) is 5.54. The Morgan fingerprint density at radius 3 is 2.71 bits per heavy atom. The average Bonchev–Trinajstić information content (AvgIpc) is 3.13. The predicted octanol–water partition coefficient (Wildman–Crippen LogP) is 4.12. The number of anilines is 1. The second-order valence-electron chi connectivity index (χ2n) is 5.77. The Labute approximate surface area is 171 Å². The Bertz CT molecular complexity index is 1040. The van der Waals surface area contributed by atoms with Gasteiger partial charge in [-0.05, 0) is 42.4 Å². The van der Waals surface area contributed by atoms with Crippen molar-refractivity contribution < 1.29 is 4.79 Å². The molecule has 1 aromatic carbocycles. The van der Waals surface area contributed by atoms with Gasteiger partial charge >= 0.3 is 0 Å². The third kappa shape index (κ3) is 4.32. The lowest BCUT2D eigenvalue weighted by atomic mass is 10.0. The molecule has 7 nitrogen and oxygen atoms in total. The summed E-state index contributed by atoms with van der Waals surface area (Å²) in [6.45, 7) is 7.50. The van der Waals surface area contributed by atoms with Crippen molar-refractivity contribution in [3.63, 3.8) is 0 Å². The molecular formula is C19H18N6OS2. The van der Waals surface area contributed by atoms with Crippen molar-refractivity contribution in [1.29, 1.82) is 0 Å². The van der Waals surface area contributed by atoms with E-state index >= 15 is 0 Å². The molecule has 0 aliphatic rings. The Hall–Kier alpha value is -2.91. The highest BCUT2D eigenvalue weighted by atomic mass is 32.2. The molecule has 0 bridgehead atoms. The van der Waals surface area contributed by atoms with Crippen LogP contribution < -0.4 is 5.32 Å². The minimum Gasteiger partial charge on any atom is -0.304 e. The van der Waals surface area contributed by atoms with Gasteiger partial charge in [0.15, 0.2) is 5.82 Å². The summed E-state index contributed by atoms with van der Waals surface area (Å²) in [5, 5.41) is 9.18. The first-order valence-electron chi connectivity index (χ1n) is 8.31. The van der Waals surface area contributed by atoms with Gasteiger partial charge in [-0.3, -0.25) is 14.8 Å². The first-order valence-corrected chi connectivity index (χ1v) is 9.97. The van der Waals surface area contributed by atoms with Crippen LogP contribution in [0.2, 0.25) is 0 Å². The molecule has 142 valence electrons. The zero-order valence-electron chi connectivity index (χ0n) is 15.6. The van der Waals surface area contributed by atoms with E-state index < -0.39 is 0 Å². The van der Waals surface area contributed by atoms with Gasteiger partial charge in [-0.1, -0.05) is 35.0 Å². The van der Waals surface area contributed by atoms with Crippen molar-refractivity contribution in [2.24, 2.45) is 4.99 Å². The fraction of sp³-hybridized carbons (Fsp3) is 0.158. The van der Waals surface area contributed by atoms with Crippen LogP contribution in [0.3, 0.4) is 0 Å². The molecule has 2 heterocycles. The maximum atomic E-state index is 12.2. The van der Waals surface area contributed by atoms with E-state index in [1.54, 1.807) is 25.6 Å². The summed E-state index contributed by atoms with van der Waals surface area (Å²) in [6, 6.07) is 6.07. The molecule has 0 saturated carbocycles.